The maximum atomic E-state index is 12.6. The van der Waals surface area contributed by atoms with E-state index < -0.39 is 0 Å². The third-order valence-electron chi connectivity index (χ3n) is 5.36. The van der Waals surface area contributed by atoms with Crippen LogP contribution in [0.2, 0.25) is 0 Å². The number of carbonyl (C=O) groups excluding carboxylic acids is 1. The molecule has 152 valence electrons. The maximum Gasteiger partial charge on any atom is 0.247 e. The van der Waals surface area contributed by atoms with Crippen molar-refractivity contribution in [1.29, 1.82) is 0 Å². The minimum Gasteiger partial charge on any atom is -0.454 e. The summed E-state index contributed by atoms with van der Waals surface area (Å²) in [6.07, 6.45) is 5.28. The third-order valence-corrected chi connectivity index (χ3v) is 5.36. The van der Waals surface area contributed by atoms with E-state index in [1.807, 2.05) is 59.5 Å². The molecule has 0 saturated carbocycles. The Kier molecular flexibility index (Phi) is 4.93. The molecule has 1 atom stereocenters. The van der Waals surface area contributed by atoms with Crippen molar-refractivity contribution in [2.75, 3.05) is 19.9 Å². The van der Waals surface area contributed by atoms with Gasteiger partial charge < -0.3 is 18.8 Å². The second kappa shape index (κ2) is 8.02. The molecule has 2 aliphatic rings. The number of carbonyl (C=O) groups is 1. The normalized spacial score (nSPS) is 18.1. The van der Waals surface area contributed by atoms with Crippen LogP contribution in [0.1, 0.15) is 30.2 Å². The Morgan fingerprint density at radius 2 is 1.93 bits per heavy atom. The molecule has 0 radical (unpaired) electrons. The lowest BCUT2D eigenvalue weighted by Gasteiger charge is -2.30. The molecule has 2 aliphatic heterocycles. The van der Waals surface area contributed by atoms with Crippen LogP contribution in [0.25, 0.3) is 17.5 Å². The van der Waals surface area contributed by atoms with Gasteiger partial charge in [0, 0.05) is 24.7 Å². The molecule has 30 heavy (non-hydrogen) atoms. The Hall–Kier alpha value is -3.61. The van der Waals surface area contributed by atoms with Gasteiger partial charge in [-0.3, -0.25) is 4.79 Å². The van der Waals surface area contributed by atoms with Crippen LogP contribution in [-0.2, 0) is 4.79 Å². The van der Waals surface area contributed by atoms with Crippen molar-refractivity contribution < 1.29 is 18.7 Å². The molecule has 1 fully saturated rings. The summed E-state index contributed by atoms with van der Waals surface area (Å²) in [4.78, 5) is 14.5. The highest BCUT2D eigenvalue weighted by Crippen LogP contribution is 2.36. The molecule has 1 saturated heterocycles. The summed E-state index contributed by atoms with van der Waals surface area (Å²) in [7, 11) is 0. The molecule has 7 nitrogen and oxygen atoms in total. The molecular weight excluding hydrogens is 382 g/mol. The Morgan fingerprint density at radius 1 is 1.07 bits per heavy atom. The van der Waals surface area contributed by atoms with E-state index in [0.717, 1.165) is 30.5 Å². The number of hydrogen-bond donors (Lipinski definition) is 0. The fraction of sp³-hybridized carbons (Fsp3) is 0.261. The number of fused-ring (bicyclic) bond motifs is 1. The summed E-state index contributed by atoms with van der Waals surface area (Å²) >= 11 is 0. The molecule has 2 aromatic carbocycles. The molecule has 0 spiro atoms. The monoisotopic (exact) mass is 403 g/mol. The van der Waals surface area contributed by atoms with Gasteiger partial charge in [-0.2, -0.15) is 0 Å². The number of hydrogen-bond acceptors (Lipinski definition) is 6. The van der Waals surface area contributed by atoms with E-state index in [1.54, 1.807) is 6.08 Å². The van der Waals surface area contributed by atoms with Crippen molar-refractivity contribution in [2.24, 2.45) is 0 Å². The number of benzene rings is 2. The largest absolute Gasteiger partial charge is 0.454 e. The molecule has 3 heterocycles. The van der Waals surface area contributed by atoms with Gasteiger partial charge in [-0.15, -0.1) is 10.2 Å². The molecule has 0 bridgehead atoms. The van der Waals surface area contributed by atoms with Crippen LogP contribution in [0.4, 0.5) is 0 Å². The lowest BCUT2D eigenvalue weighted by Crippen LogP contribution is -2.38. The van der Waals surface area contributed by atoms with Gasteiger partial charge in [0.25, 0.3) is 0 Å². The zero-order valence-electron chi connectivity index (χ0n) is 16.4. The summed E-state index contributed by atoms with van der Waals surface area (Å²) in [5.41, 5.74) is 1.79. The van der Waals surface area contributed by atoms with Gasteiger partial charge in [0.05, 0.1) is 5.92 Å². The highest BCUT2D eigenvalue weighted by Gasteiger charge is 2.28. The first-order chi connectivity index (χ1) is 14.8. The van der Waals surface area contributed by atoms with Crippen molar-refractivity contribution in [3.63, 3.8) is 0 Å². The topological polar surface area (TPSA) is 77.7 Å². The summed E-state index contributed by atoms with van der Waals surface area (Å²) in [5, 5.41) is 8.45. The van der Waals surface area contributed by atoms with Gasteiger partial charge in [-0.05, 0) is 42.7 Å². The first-order valence-electron chi connectivity index (χ1n) is 10.0. The van der Waals surface area contributed by atoms with Crippen LogP contribution in [0.3, 0.4) is 0 Å². The van der Waals surface area contributed by atoms with E-state index in [-0.39, 0.29) is 18.6 Å². The summed E-state index contributed by atoms with van der Waals surface area (Å²) in [6, 6.07) is 15.3. The molecule has 0 aliphatic carbocycles. The Balaban J connectivity index is 1.27. The van der Waals surface area contributed by atoms with Crippen LogP contribution in [0, 0.1) is 0 Å². The van der Waals surface area contributed by atoms with Gasteiger partial charge in [0.15, 0.2) is 11.5 Å². The van der Waals surface area contributed by atoms with E-state index in [1.165, 1.54) is 0 Å². The van der Waals surface area contributed by atoms with Crippen LogP contribution in [-0.4, -0.2) is 40.9 Å². The summed E-state index contributed by atoms with van der Waals surface area (Å²) in [6.45, 7) is 1.52. The number of aromatic nitrogens is 2. The van der Waals surface area contributed by atoms with Gasteiger partial charge in [-0.25, -0.2) is 0 Å². The minimum atomic E-state index is -0.000868. The lowest BCUT2D eigenvalue weighted by molar-refractivity contribution is -0.127. The fourth-order valence-corrected chi connectivity index (χ4v) is 3.76. The highest BCUT2D eigenvalue weighted by atomic mass is 16.7. The average Bonchev–Trinajstić information content (AvgIpc) is 3.47. The number of nitrogens with zero attached hydrogens (tertiary/aromatic N) is 3. The van der Waals surface area contributed by atoms with Crippen molar-refractivity contribution in [3.05, 3.63) is 66.1 Å². The van der Waals surface area contributed by atoms with Crippen molar-refractivity contribution in [2.45, 2.75) is 18.8 Å². The molecule has 0 unspecified atom stereocenters. The van der Waals surface area contributed by atoms with Gasteiger partial charge >= 0.3 is 0 Å². The predicted octanol–water partition coefficient (Wildman–Crippen LogP) is 3.88. The Morgan fingerprint density at radius 3 is 2.83 bits per heavy atom. The number of amides is 1. The number of piperidine rings is 1. The first-order valence-corrected chi connectivity index (χ1v) is 10.0. The van der Waals surface area contributed by atoms with Gasteiger partial charge in [0.1, 0.15) is 0 Å². The zero-order valence-corrected chi connectivity index (χ0v) is 16.4. The van der Waals surface area contributed by atoms with Crippen LogP contribution >= 0.6 is 0 Å². The summed E-state index contributed by atoms with van der Waals surface area (Å²) < 4.78 is 16.7. The first kappa shape index (κ1) is 18.4. The Bertz CT molecular complexity index is 1080. The second-order valence-electron chi connectivity index (χ2n) is 7.38. The van der Waals surface area contributed by atoms with Crippen molar-refractivity contribution in [1.82, 2.24) is 15.1 Å². The smallest absolute Gasteiger partial charge is 0.247 e. The molecule has 7 heteroatoms. The van der Waals surface area contributed by atoms with E-state index in [2.05, 4.69) is 10.2 Å². The Labute approximate surface area is 173 Å². The lowest BCUT2D eigenvalue weighted by atomic mass is 9.98. The highest BCUT2D eigenvalue weighted by molar-refractivity contribution is 5.91. The van der Waals surface area contributed by atoms with E-state index >= 15 is 0 Å². The average molecular weight is 403 g/mol. The molecule has 1 aromatic heterocycles. The van der Waals surface area contributed by atoms with Crippen LogP contribution < -0.4 is 9.47 Å². The SMILES string of the molecule is O=C(/C=C\c1ccccc1)N1CCC[C@@H](c2nnc(-c3ccc4c(c3)OCO4)o2)C1. The van der Waals surface area contributed by atoms with Gasteiger partial charge in [-0.1, -0.05) is 30.3 Å². The number of likely N-dealkylation sites (tertiary alicyclic amines) is 1. The fourth-order valence-electron chi connectivity index (χ4n) is 3.76. The molecule has 1 amide bonds. The predicted molar refractivity (Wildman–Crippen MR) is 110 cm³/mol. The standard InChI is InChI=1S/C23H21N3O4/c27-21(11-8-16-5-2-1-3-6-16)26-12-4-7-18(14-26)23-25-24-22(30-23)17-9-10-19-20(13-17)29-15-28-19/h1-3,5-6,8-11,13,18H,4,7,12,14-15H2/b11-8-/t18-/m1/s1. The number of rotatable bonds is 4. The van der Waals surface area contributed by atoms with E-state index in [4.69, 9.17) is 13.9 Å². The van der Waals surface area contributed by atoms with E-state index in [9.17, 15) is 4.79 Å². The van der Waals surface area contributed by atoms with Crippen LogP contribution in [0.5, 0.6) is 11.5 Å². The minimum absolute atomic E-state index is 0.000868. The summed E-state index contributed by atoms with van der Waals surface area (Å²) in [5.74, 6) is 2.42. The zero-order chi connectivity index (χ0) is 20.3. The molecule has 0 N–H and O–H groups in total. The number of ether oxygens (including phenoxy) is 2. The molecular formula is C23H21N3O4. The maximum absolute atomic E-state index is 12.6. The molecule has 3 aromatic rings. The van der Waals surface area contributed by atoms with Crippen LogP contribution in [0.15, 0.2) is 59.0 Å². The quantitative estimate of drug-likeness (QED) is 0.615. The second-order valence-corrected chi connectivity index (χ2v) is 7.38. The van der Waals surface area contributed by atoms with Crippen molar-refractivity contribution in [3.8, 4) is 23.0 Å². The van der Waals surface area contributed by atoms with Gasteiger partial charge in [0.2, 0.25) is 24.5 Å². The van der Waals surface area contributed by atoms with Crippen molar-refractivity contribution >= 4 is 12.0 Å². The van der Waals surface area contributed by atoms with E-state index in [0.29, 0.717) is 29.8 Å². The molecule has 5 rings (SSSR count). The third kappa shape index (κ3) is 3.78.